The van der Waals surface area contributed by atoms with Crippen LogP contribution in [0, 0.1) is 5.92 Å². The highest BCUT2D eigenvalue weighted by atomic mass is 16.4. The SMILES string of the molecule is CC(C)C[C@H](NC(=O)[C@@H]1CCCN1C(=O)[C@H](Cc1ccccc1)NC(=O)[C@H](C)NC(=O)[C@H](CCC(=O)O)NC(=O)[C@H](C)NC(=O)[C@H](CO)NC(=O)[C@H](CCC(=O)O)NC(=O)[C@H](CC(=O)O)NC(=O)[C@H](CCC(=O)O)NC(=O)[C@H](C)NC(=O)CNC(=O)[C@@H](N)CC(N)=O)C(=O)N[C@@H](CCC(=O)O)C(=O)N[C@@H](Cc1ccccc1)C(=O)O. The number of hydrogen-bond acceptors (Lipinski definition) is 23. The zero-order chi connectivity index (χ0) is 86.5. The molecule has 3 rings (SSSR count). The van der Waals surface area contributed by atoms with Gasteiger partial charge >= 0.3 is 35.8 Å². The molecule has 1 saturated heterocycles. The van der Waals surface area contributed by atoms with Gasteiger partial charge in [-0.15, -0.1) is 0 Å². The highest BCUT2D eigenvalue weighted by Gasteiger charge is 2.42. The van der Waals surface area contributed by atoms with Gasteiger partial charge in [-0.25, -0.2) is 4.79 Å². The number of amides is 15. The lowest BCUT2D eigenvalue weighted by atomic mass is 10.0. The Morgan fingerprint density at radius 3 is 1.17 bits per heavy atom. The van der Waals surface area contributed by atoms with Gasteiger partial charge in [-0.05, 0) is 82.8 Å². The molecular weight excluding hydrogens is 1520 g/mol. The summed E-state index contributed by atoms with van der Waals surface area (Å²) in [6, 6.07) is -7.25. The van der Waals surface area contributed by atoms with Crippen LogP contribution >= 0.6 is 0 Å². The number of benzene rings is 2. The summed E-state index contributed by atoms with van der Waals surface area (Å²) in [4.78, 5) is 275. The number of carbonyl (C=O) groups is 21. The first-order valence-corrected chi connectivity index (χ1v) is 36.3. The van der Waals surface area contributed by atoms with E-state index in [0.717, 1.165) is 20.8 Å². The molecule has 44 nitrogen and oxygen atoms in total. The summed E-state index contributed by atoms with van der Waals surface area (Å²) in [5, 5.41) is 97.2. The molecule has 2 aromatic carbocycles. The van der Waals surface area contributed by atoms with Crippen LogP contribution in [0.2, 0.25) is 0 Å². The maximum absolute atomic E-state index is 14.8. The monoisotopic (exact) mass is 1620 g/mol. The van der Waals surface area contributed by atoms with Crippen molar-refractivity contribution in [3.05, 3.63) is 71.8 Å². The predicted octanol–water partition coefficient (Wildman–Crippen LogP) is -7.28. The molecule has 44 heteroatoms. The number of nitrogens with zero attached hydrogens (tertiary/aromatic N) is 1. The molecule has 632 valence electrons. The Morgan fingerprint density at radius 2 is 0.765 bits per heavy atom. The van der Waals surface area contributed by atoms with E-state index in [9.17, 15) is 136 Å². The molecule has 0 bridgehead atoms. The lowest BCUT2D eigenvalue weighted by Gasteiger charge is -2.31. The zero-order valence-electron chi connectivity index (χ0n) is 63.5. The van der Waals surface area contributed by atoms with Crippen LogP contribution < -0.4 is 80.6 Å². The van der Waals surface area contributed by atoms with Crippen molar-refractivity contribution in [3.8, 4) is 0 Å². The normalized spacial score (nSPS) is 15.7. The molecule has 115 heavy (non-hydrogen) atoms. The third-order valence-electron chi connectivity index (χ3n) is 17.4. The van der Waals surface area contributed by atoms with E-state index in [1.54, 1.807) is 74.5 Å². The van der Waals surface area contributed by atoms with Crippen molar-refractivity contribution in [1.82, 2.24) is 74.0 Å². The van der Waals surface area contributed by atoms with E-state index in [4.69, 9.17) is 11.5 Å². The summed E-state index contributed by atoms with van der Waals surface area (Å²) in [6.45, 7) is 4.55. The number of aliphatic hydroxyl groups is 1. The van der Waals surface area contributed by atoms with E-state index >= 15 is 0 Å². The van der Waals surface area contributed by atoms with Gasteiger partial charge in [0.05, 0.1) is 32.0 Å². The van der Waals surface area contributed by atoms with E-state index in [1.807, 2.05) is 16.0 Å². The minimum Gasteiger partial charge on any atom is -0.481 e. The first-order chi connectivity index (χ1) is 54.0. The van der Waals surface area contributed by atoms with Crippen molar-refractivity contribution in [2.45, 2.75) is 216 Å². The maximum Gasteiger partial charge on any atom is 0.326 e. The largest absolute Gasteiger partial charge is 0.481 e. The van der Waals surface area contributed by atoms with Crippen LogP contribution in [-0.2, 0) is 114 Å². The Bertz CT molecular complexity index is 3850. The van der Waals surface area contributed by atoms with Crippen molar-refractivity contribution >= 4 is 124 Å². The minimum atomic E-state index is -2.22. The van der Waals surface area contributed by atoms with Crippen LogP contribution in [0.5, 0.6) is 0 Å². The number of aliphatic hydroxyl groups excluding tert-OH is 1. The Kier molecular flexibility index (Phi) is 40.4. The van der Waals surface area contributed by atoms with E-state index in [1.165, 1.54) is 4.90 Å². The van der Waals surface area contributed by atoms with Crippen LogP contribution in [0.1, 0.15) is 129 Å². The summed E-state index contributed by atoms with van der Waals surface area (Å²) in [5.74, 6) is -26.3. The average Bonchev–Trinajstić information content (AvgIpc) is 1.60. The standard InChI is InChI=1S/C71H100N16O28/c1-34(2)27-45(66(109)80-43(20-24-55(95)96)64(107)85-48(71(114)115)29-39-15-10-7-11-16-39)83-69(112)50-17-12-26-87(50)70(113)47(28-38-13-8-6-9-14-38)84-60(103)37(5)76-62(105)41(18-22-53(91)92)78-59(102)36(4)77-68(111)49(33-88)86-65(108)44(21-25-56(97)98)81-67(110)46(31-57(99)100)82-63(106)42(19-23-54(93)94)79-58(101)35(3)75-52(90)32-74-61(104)40(72)30-51(73)89/h6-11,13-16,34-37,40-50,88H,12,17-33,72H2,1-5H3,(H2,73,89)(H,74,104)(H,75,90)(H,76,105)(H,77,111)(H,78,102)(H,79,101)(H,80,109)(H,81,110)(H,82,106)(H,83,112)(H,84,103)(H,85,107)(H,86,108)(H,91,92)(H,93,94)(H,95,96)(H,97,98)(H,99,100)(H,114,115)/t35-,36-,37-,40-,41-,42-,43-,44-,45-,46-,47-,48-,49-,50-/m0/s1. The molecule has 1 heterocycles. The molecule has 24 N–H and O–H groups in total. The molecule has 2 aromatic rings. The third kappa shape index (κ3) is 35.2. The minimum absolute atomic E-state index is 0.0426. The third-order valence-corrected chi connectivity index (χ3v) is 17.4. The molecule has 0 unspecified atom stereocenters. The lowest BCUT2D eigenvalue weighted by molar-refractivity contribution is -0.143. The molecular formula is C71H100N16O28. The van der Waals surface area contributed by atoms with Crippen molar-refractivity contribution in [2.75, 3.05) is 19.7 Å². The van der Waals surface area contributed by atoms with Crippen LogP contribution in [0.15, 0.2) is 60.7 Å². The van der Waals surface area contributed by atoms with Gasteiger partial charge in [-0.1, -0.05) is 74.5 Å². The second kappa shape index (κ2) is 48.2. The van der Waals surface area contributed by atoms with Gasteiger partial charge in [0, 0.05) is 45.1 Å². The van der Waals surface area contributed by atoms with Crippen molar-refractivity contribution < 1.29 is 136 Å². The summed E-state index contributed by atoms with van der Waals surface area (Å²) in [5.41, 5.74) is 11.6. The maximum atomic E-state index is 14.8. The number of primary amides is 1. The van der Waals surface area contributed by atoms with E-state index in [0.29, 0.717) is 11.1 Å². The highest BCUT2D eigenvalue weighted by Crippen LogP contribution is 2.22. The fraction of sp³-hybridized carbons (Fsp3) is 0.535. The van der Waals surface area contributed by atoms with Gasteiger partial charge in [-0.3, -0.25) is 95.9 Å². The predicted molar refractivity (Wildman–Crippen MR) is 394 cm³/mol. The van der Waals surface area contributed by atoms with E-state index in [2.05, 4.69) is 53.2 Å². The molecule has 0 saturated carbocycles. The Morgan fingerprint density at radius 1 is 0.409 bits per heavy atom. The molecule has 1 fully saturated rings. The lowest BCUT2D eigenvalue weighted by Crippen LogP contribution is -2.61. The zero-order valence-corrected chi connectivity index (χ0v) is 63.5. The quantitative estimate of drug-likeness (QED) is 0.0293. The molecule has 0 radical (unpaired) electrons. The topological polar surface area (TPSA) is 712 Å². The van der Waals surface area contributed by atoms with Crippen LogP contribution in [0.4, 0.5) is 0 Å². The summed E-state index contributed by atoms with van der Waals surface area (Å²) in [6.07, 6.45) is -7.96. The molecule has 14 atom stereocenters. The number of nitrogens with one attached hydrogen (secondary N) is 13. The molecule has 15 amide bonds. The van der Waals surface area contributed by atoms with Gasteiger partial charge in [0.2, 0.25) is 88.6 Å². The molecule has 0 aromatic heterocycles. The van der Waals surface area contributed by atoms with Gasteiger partial charge in [0.1, 0.15) is 78.5 Å². The number of nitrogens with two attached hydrogens (primary N) is 2. The molecule has 0 aliphatic carbocycles. The van der Waals surface area contributed by atoms with Crippen molar-refractivity contribution in [2.24, 2.45) is 17.4 Å². The average molecular weight is 1630 g/mol. The second-order valence-corrected chi connectivity index (χ2v) is 27.3. The number of carbonyl (C=O) groups excluding carboxylic acids is 15. The van der Waals surface area contributed by atoms with Crippen LogP contribution in [0.25, 0.3) is 0 Å². The first kappa shape index (κ1) is 96.4. The van der Waals surface area contributed by atoms with E-state index < -0.39 is 286 Å². The van der Waals surface area contributed by atoms with Crippen LogP contribution in [-0.4, -0.2) is 269 Å². The fourth-order valence-corrected chi connectivity index (χ4v) is 11.3. The van der Waals surface area contributed by atoms with Gasteiger partial charge in [0.25, 0.3) is 0 Å². The summed E-state index contributed by atoms with van der Waals surface area (Å²) in [7, 11) is 0. The van der Waals surface area contributed by atoms with Gasteiger partial charge < -0.3 is 121 Å². The summed E-state index contributed by atoms with van der Waals surface area (Å²) < 4.78 is 0. The van der Waals surface area contributed by atoms with Crippen LogP contribution in [0.3, 0.4) is 0 Å². The second-order valence-electron chi connectivity index (χ2n) is 27.3. The Balaban J connectivity index is 1.79. The Hall–Kier alpha value is -12.8. The number of aliphatic carboxylic acids is 6. The van der Waals surface area contributed by atoms with E-state index in [-0.39, 0.29) is 44.6 Å². The number of rotatable bonds is 51. The summed E-state index contributed by atoms with van der Waals surface area (Å²) >= 11 is 0. The molecule has 0 spiro atoms. The number of carboxylic acid groups (broad SMARTS) is 6. The van der Waals surface area contributed by atoms with Crippen molar-refractivity contribution in [3.63, 3.8) is 0 Å². The number of carboxylic acids is 6. The van der Waals surface area contributed by atoms with Gasteiger partial charge in [-0.2, -0.15) is 0 Å². The first-order valence-electron chi connectivity index (χ1n) is 36.3. The van der Waals surface area contributed by atoms with Crippen molar-refractivity contribution in [1.29, 1.82) is 0 Å². The van der Waals surface area contributed by atoms with Gasteiger partial charge in [0.15, 0.2) is 0 Å². The molecule has 1 aliphatic rings. The smallest absolute Gasteiger partial charge is 0.326 e. The number of hydrogen-bond donors (Lipinski definition) is 22. The number of likely N-dealkylation sites (tertiary alicyclic amines) is 1. The fourth-order valence-electron chi connectivity index (χ4n) is 11.3. The highest BCUT2D eigenvalue weighted by molar-refractivity contribution is 6.01. The molecule has 1 aliphatic heterocycles. The Labute approximate surface area is 657 Å².